The topological polar surface area (TPSA) is 98.4 Å². The zero-order valence-electron chi connectivity index (χ0n) is 15.2. The number of halogens is 1. The summed E-state index contributed by atoms with van der Waals surface area (Å²) >= 11 is 0. The van der Waals surface area contributed by atoms with Crippen molar-refractivity contribution in [3.63, 3.8) is 0 Å². The number of aromatic nitrogens is 3. The second-order valence-corrected chi connectivity index (χ2v) is 8.87. The molecule has 1 aromatic carbocycles. The van der Waals surface area contributed by atoms with E-state index < -0.39 is 22.2 Å². The van der Waals surface area contributed by atoms with Crippen LogP contribution in [-0.2, 0) is 16.4 Å². The van der Waals surface area contributed by atoms with Crippen LogP contribution < -0.4 is 4.74 Å². The van der Waals surface area contributed by atoms with Crippen LogP contribution in [0, 0.1) is 0 Å². The van der Waals surface area contributed by atoms with Gasteiger partial charge in [0.25, 0.3) is 0 Å². The van der Waals surface area contributed by atoms with Crippen LogP contribution in [0.15, 0.2) is 52.1 Å². The second-order valence-electron chi connectivity index (χ2n) is 6.98. The van der Waals surface area contributed by atoms with Crippen LogP contribution in [0.2, 0.25) is 0 Å². The van der Waals surface area contributed by atoms with E-state index in [1.54, 1.807) is 36.7 Å². The molecule has 4 heterocycles. The maximum Gasteiger partial charge on any atom is 0.245 e. The maximum atomic E-state index is 14.3. The third-order valence-electron chi connectivity index (χ3n) is 5.14. The number of ether oxygens (including phenoxy) is 1. The summed E-state index contributed by atoms with van der Waals surface area (Å²) in [5, 5.41) is 3.92. The van der Waals surface area contributed by atoms with E-state index in [4.69, 9.17) is 9.26 Å². The van der Waals surface area contributed by atoms with Gasteiger partial charge in [-0.15, -0.1) is 0 Å². The Morgan fingerprint density at radius 2 is 2.00 bits per heavy atom. The van der Waals surface area contributed by atoms with Gasteiger partial charge in [0.15, 0.2) is 0 Å². The average molecular weight is 416 g/mol. The van der Waals surface area contributed by atoms with Crippen LogP contribution >= 0.6 is 0 Å². The predicted octanol–water partition coefficient (Wildman–Crippen LogP) is 2.54. The fourth-order valence-corrected chi connectivity index (χ4v) is 5.37. The van der Waals surface area contributed by atoms with Crippen LogP contribution in [-0.4, -0.2) is 47.2 Å². The summed E-state index contributed by atoms with van der Waals surface area (Å²) in [6, 6.07) is 7.28. The lowest BCUT2D eigenvalue weighted by Crippen LogP contribution is -2.31. The van der Waals surface area contributed by atoms with E-state index in [1.807, 2.05) is 0 Å². The predicted molar refractivity (Wildman–Crippen MR) is 99.3 cm³/mol. The van der Waals surface area contributed by atoms with E-state index in [0.29, 0.717) is 30.2 Å². The van der Waals surface area contributed by atoms with Gasteiger partial charge in [-0.1, -0.05) is 5.16 Å². The lowest BCUT2D eigenvalue weighted by molar-refractivity contribution is 0.290. The Labute approximate surface area is 166 Å². The molecule has 0 saturated carbocycles. The summed E-state index contributed by atoms with van der Waals surface area (Å²) in [6.07, 6.45) is 2.47. The van der Waals surface area contributed by atoms with Crippen molar-refractivity contribution in [3.8, 4) is 17.1 Å². The molecular formula is C19H17FN4O4S. The summed E-state index contributed by atoms with van der Waals surface area (Å²) in [6.45, 7) is 0.269. The first kappa shape index (κ1) is 18.2. The first-order valence-corrected chi connectivity index (χ1v) is 10.6. The summed E-state index contributed by atoms with van der Waals surface area (Å²) in [4.78, 5) is 8.36. The van der Waals surface area contributed by atoms with Gasteiger partial charge in [0.2, 0.25) is 21.7 Å². The molecule has 0 radical (unpaired) electrons. The van der Waals surface area contributed by atoms with Crippen molar-refractivity contribution >= 4 is 10.0 Å². The van der Waals surface area contributed by atoms with E-state index in [1.165, 1.54) is 6.07 Å². The Morgan fingerprint density at radius 1 is 1.17 bits per heavy atom. The van der Waals surface area contributed by atoms with Gasteiger partial charge in [0, 0.05) is 37.3 Å². The SMILES string of the molecule is O=S(=O)(c1ccc2c(c1)CCO2)N1C[C@H](F)C[C@@H]1c1nc(-c2ccncc2)no1. The lowest BCUT2D eigenvalue weighted by atomic mass is 10.2. The molecule has 0 amide bonds. The standard InChI is InChI=1S/C19H17FN4O4S/c20-14-10-16(19-22-18(23-28-19)12-3-6-21-7-4-12)24(11-14)29(25,26)15-1-2-17-13(9-15)5-8-27-17/h1-4,6-7,9,14,16H,5,8,10-11H2/t14-,16-/m1/s1. The van der Waals surface area contributed by atoms with Crippen LogP contribution in [0.25, 0.3) is 11.4 Å². The quantitative estimate of drug-likeness (QED) is 0.644. The summed E-state index contributed by atoms with van der Waals surface area (Å²) in [5.74, 6) is 1.06. The molecule has 2 aliphatic rings. The fourth-order valence-electron chi connectivity index (χ4n) is 3.69. The van der Waals surface area contributed by atoms with Crippen molar-refractivity contribution in [3.05, 3.63) is 54.2 Å². The molecule has 10 heteroatoms. The lowest BCUT2D eigenvalue weighted by Gasteiger charge is -2.21. The summed E-state index contributed by atoms with van der Waals surface area (Å²) < 4.78 is 52.7. The highest BCUT2D eigenvalue weighted by Gasteiger charge is 2.44. The molecule has 0 bridgehead atoms. The molecule has 1 saturated heterocycles. The Kier molecular flexibility index (Phi) is 4.32. The van der Waals surface area contributed by atoms with Crippen molar-refractivity contribution in [1.29, 1.82) is 0 Å². The second kappa shape index (κ2) is 6.89. The molecule has 3 aromatic rings. The number of nitrogens with zero attached hydrogens (tertiary/aromatic N) is 4. The van der Waals surface area contributed by atoms with Crippen molar-refractivity contribution in [2.75, 3.05) is 13.2 Å². The number of alkyl halides is 1. The van der Waals surface area contributed by atoms with E-state index in [-0.39, 0.29) is 23.8 Å². The summed E-state index contributed by atoms with van der Waals surface area (Å²) in [5.41, 5.74) is 1.51. The van der Waals surface area contributed by atoms with E-state index in [2.05, 4.69) is 15.1 Å². The minimum absolute atomic E-state index is 0.0364. The molecule has 0 unspecified atom stereocenters. The van der Waals surface area contributed by atoms with Gasteiger partial charge in [-0.05, 0) is 35.9 Å². The Bertz CT molecular complexity index is 1150. The molecule has 150 valence electrons. The number of fused-ring (bicyclic) bond motifs is 1. The molecule has 8 nitrogen and oxygen atoms in total. The van der Waals surface area contributed by atoms with Crippen molar-refractivity contribution in [1.82, 2.24) is 19.4 Å². The largest absolute Gasteiger partial charge is 0.493 e. The molecule has 0 aliphatic carbocycles. The molecule has 2 atom stereocenters. The van der Waals surface area contributed by atoms with E-state index >= 15 is 0 Å². The zero-order valence-corrected chi connectivity index (χ0v) is 16.0. The van der Waals surface area contributed by atoms with Gasteiger partial charge in [-0.25, -0.2) is 12.8 Å². The third-order valence-corrected chi connectivity index (χ3v) is 7.01. The van der Waals surface area contributed by atoms with Crippen molar-refractivity contribution in [2.45, 2.75) is 30.0 Å². The number of rotatable bonds is 4. The van der Waals surface area contributed by atoms with Crippen LogP contribution in [0.3, 0.4) is 0 Å². The number of sulfonamides is 1. The molecular weight excluding hydrogens is 399 g/mol. The van der Waals surface area contributed by atoms with Crippen LogP contribution in [0.4, 0.5) is 4.39 Å². The number of hydrogen-bond acceptors (Lipinski definition) is 7. The normalized spacial score (nSPS) is 21.8. The highest BCUT2D eigenvalue weighted by Crippen LogP contribution is 2.39. The Hall–Kier alpha value is -2.85. The molecule has 2 aromatic heterocycles. The number of benzene rings is 1. The van der Waals surface area contributed by atoms with Gasteiger partial charge in [-0.3, -0.25) is 4.98 Å². The van der Waals surface area contributed by atoms with Gasteiger partial charge < -0.3 is 9.26 Å². The first-order valence-electron chi connectivity index (χ1n) is 9.18. The van der Waals surface area contributed by atoms with Crippen LogP contribution in [0.1, 0.15) is 23.9 Å². The highest BCUT2D eigenvalue weighted by molar-refractivity contribution is 7.89. The molecule has 0 spiro atoms. The Morgan fingerprint density at radius 3 is 2.83 bits per heavy atom. The van der Waals surface area contributed by atoms with Crippen molar-refractivity contribution in [2.24, 2.45) is 0 Å². The van der Waals surface area contributed by atoms with Crippen molar-refractivity contribution < 1.29 is 22.1 Å². The summed E-state index contributed by atoms with van der Waals surface area (Å²) in [7, 11) is -3.95. The number of hydrogen-bond donors (Lipinski definition) is 0. The molecule has 29 heavy (non-hydrogen) atoms. The highest BCUT2D eigenvalue weighted by atomic mass is 32.2. The number of pyridine rings is 1. The minimum Gasteiger partial charge on any atom is -0.493 e. The molecule has 5 rings (SSSR count). The molecule has 2 aliphatic heterocycles. The minimum atomic E-state index is -3.95. The monoisotopic (exact) mass is 416 g/mol. The zero-order chi connectivity index (χ0) is 20.0. The van der Waals surface area contributed by atoms with Gasteiger partial charge >= 0.3 is 0 Å². The molecule has 1 fully saturated rings. The smallest absolute Gasteiger partial charge is 0.245 e. The first-order chi connectivity index (χ1) is 14.0. The maximum absolute atomic E-state index is 14.3. The fraction of sp³-hybridized carbons (Fsp3) is 0.316. The van der Waals surface area contributed by atoms with Crippen LogP contribution in [0.5, 0.6) is 5.75 Å². The third kappa shape index (κ3) is 3.18. The van der Waals surface area contributed by atoms with Gasteiger partial charge in [0.1, 0.15) is 18.0 Å². The van der Waals surface area contributed by atoms with Gasteiger partial charge in [0.05, 0.1) is 11.5 Å². The van der Waals surface area contributed by atoms with Gasteiger partial charge in [-0.2, -0.15) is 9.29 Å². The van der Waals surface area contributed by atoms with E-state index in [9.17, 15) is 12.8 Å². The Balaban J connectivity index is 1.49. The average Bonchev–Trinajstić information content (AvgIpc) is 3.47. The molecule has 0 N–H and O–H groups in total. The van der Waals surface area contributed by atoms with E-state index in [0.717, 1.165) is 9.87 Å².